The third-order valence-electron chi connectivity index (χ3n) is 2.55. The number of nitrogens with one attached hydrogen (secondary N) is 1. The molecule has 4 heteroatoms. The van der Waals surface area contributed by atoms with Crippen molar-refractivity contribution in [1.82, 2.24) is 5.32 Å². The van der Waals surface area contributed by atoms with Crippen LogP contribution in [0.1, 0.15) is 31.7 Å². The number of rotatable bonds is 7. The molecule has 0 spiro atoms. The summed E-state index contributed by atoms with van der Waals surface area (Å²) in [7, 11) is 1.57. The van der Waals surface area contributed by atoms with Gasteiger partial charge in [-0.25, -0.2) is 0 Å². The van der Waals surface area contributed by atoms with Crippen LogP contribution < -0.4 is 10.1 Å². The molecule has 1 aromatic carbocycles. The molecule has 2 nitrogen and oxygen atoms in total. The average Bonchev–Trinajstić information content (AvgIpc) is 2.28. The largest absolute Gasteiger partial charge is 0.494 e. The molecule has 0 amide bonds. The molecule has 0 atom stereocenters. The molecule has 0 unspecified atom stereocenters. The number of methoxy groups -OCH3 is 1. The van der Waals surface area contributed by atoms with Crippen LogP contribution in [0.25, 0.3) is 0 Å². The number of ether oxygens (including phenoxy) is 1. The number of hydrogen-bond donors (Lipinski definition) is 1. The molecule has 0 aliphatic carbocycles. The summed E-state index contributed by atoms with van der Waals surface area (Å²) in [6.07, 6.45) is 3.70. The Balaban J connectivity index is 2.49. The van der Waals surface area contributed by atoms with Crippen molar-refractivity contribution >= 4 is 23.2 Å². The standard InChI is InChI=1S/C13H19Cl2NO/c1-3-4-5-6-16-9-10-7-11(14)13(17-2)12(15)8-10/h7-8,16H,3-6,9H2,1-2H3. The fourth-order valence-corrected chi connectivity index (χ4v) is 2.33. The van der Waals surface area contributed by atoms with Gasteiger partial charge < -0.3 is 10.1 Å². The van der Waals surface area contributed by atoms with Crippen molar-refractivity contribution < 1.29 is 4.74 Å². The first-order valence-electron chi connectivity index (χ1n) is 5.91. The molecule has 1 N–H and O–H groups in total. The van der Waals surface area contributed by atoms with E-state index in [9.17, 15) is 0 Å². The van der Waals surface area contributed by atoms with Crippen molar-refractivity contribution in [2.24, 2.45) is 0 Å². The third kappa shape index (κ3) is 4.74. The van der Waals surface area contributed by atoms with Gasteiger partial charge in [-0.3, -0.25) is 0 Å². The molecular weight excluding hydrogens is 257 g/mol. The lowest BCUT2D eigenvalue weighted by molar-refractivity contribution is 0.415. The minimum Gasteiger partial charge on any atom is -0.494 e. The van der Waals surface area contributed by atoms with Crippen LogP contribution in [0.15, 0.2) is 12.1 Å². The topological polar surface area (TPSA) is 21.3 Å². The molecule has 1 rings (SSSR count). The van der Waals surface area contributed by atoms with Gasteiger partial charge >= 0.3 is 0 Å². The zero-order valence-electron chi connectivity index (χ0n) is 10.4. The van der Waals surface area contributed by atoms with Crippen molar-refractivity contribution in [1.29, 1.82) is 0 Å². The lowest BCUT2D eigenvalue weighted by Crippen LogP contribution is -2.14. The van der Waals surface area contributed by atoms with E-state index in [1.165, 1.54) is 19.3 Å². The number of unbranched alkanes of at least 4 members (excludes halogenated alkanes) is 2. The summed E-state index contributed by atoms with van der Waals surface area (Å²) in [4.78, 5) is 0. The maximum atomic E-state index is 6.06. The second-order valence-corrected chi connectivity index (χ2v) is 4.79. The summed E-state index contributed by atoms with van der Waals surface area (Å²) in [6.45, 7) is 4.01. The van der Waals surface area contributed by atoms with Crippen LogP contribution in [0, 0.1) is 0 Å². The highest BCUT2D eigenvalue weighted by molar-refractivity contribution is 6.37. The van der Waals surface area contributed by atoms with Crippen LogP contribution >= 0.6 is 23.2 Å². The number of benzene rings is 1. The summed E-state index contributed by atoms with van der Waals surface area (Å²) in [5.74, 6) is 0.545. The first-order valence-corrected chi connectivity index (χ1v) is 6.67. The van der Waals surface area contributed by atoms with Crippen molar-refractivity contribution in [3.8, 4) is 5.75 Å². The molecule has 0 heterocycles. The Morgan fingerprint density at radius 3 is 2.35 bits per heavy atom. The predicted octanol–water partition coefficient (Wildman–Crippen LogP) is 4.28. The van der Waals surface area contributed by atoms with Crippen molar-refractivity contribution in [3.05, 3.63) is 27.7 Å². The zero-order chi connectivity index (χ0) is 12.7. The van der Waals surface area contributed by atoms with E-state index in [-0.39, 0.29) is 0 Å². The first-order chi connectivity index (χ1) is 8.19. The molecule has 0 aromatic heterocycles. The first kappa shape index (κ1) is 14.6. The number of halogens is 2. The van der Waals surface area contributed by atoms with Gasteiger partial charge in [0.15, 0.2) is 5.75 Å². The van der Waals surface area contributed by atoms with Gasteiger partial charge in [-0.05, 0) is 30.7 Å². The molecular formula is C13H19Cl2NO. The Labute approximate surface area is 113 Å². The molecule has 0 aliphatic rings. The molecule has 17 heavy (non-hydrogen) atoms. The summed E-state index contributed by atoms with van der Waals surface area (Å²) in [6, 6.07) is 3.78. The van der Waals surface area contributed by atoms with Gasteiger partial charge in [0.2, 0.25) is 0 Å². The van der Waals surface area contributed by atoms with Crippen molar-refractivity contribution in [2.45, 2.75) is 32.7 Å². The van der Waals surface area contributed by atoms with E-state index in [1.807, 2.05) is 12.1 Å². The highest BCUT2D eigenvalue weighted by Gasteiger charge is 2.07. The highest BCUT2D eigenvalue weighted by atomic mass is 35.5. The quantitative estimate of drug-likeness (QED) is 0.750. The van der Waals surface area contributed by atoms with E-state index >= 15 is 0 Å². The molecule has 96 valence electrons. The second-order valence-electron chi connectivity index (χ2n) is 3.98. The number of hydrogen-bond acceptors (Lipinski definition) is 2. The zero-order valence-corrected chi connectivity index (χ0v) is 11.9. The summed E-state index contributed by atoms with van der Waals surface area (Å²) in [5, 5.41) is 4.49. The predicted molar refractivity (Wildman–Crippen MR) is 74.2 cm³/mol. The lowest BCUT2D eigenvalue weighted by atomic mass is 10.2. The smallest absolute Gasteiger partial charge is 0.156 e. The van der Waals surface area contributed by atoms with Crippen molar-refractivity contribution in [2.75, 3.05) is 13.7 Å². The van der Waals surface area contributed by atoms with Gasteiger partial charge in [0.25, 0.3) is 0 Å². The van der Waals surface area contributed by atoms with Gasteiger partial charge in [0.1, 0.15) is 0 Å². The Morgan fingerprint density at radius 1 is 1.18 bits per heavy atom. The van der Waals surface area contributed by atoms with Crippen LogP contribution in [-0.4, -0.2) is 13.7 Å². The second kappa shape index (κ2) is 7.80. The van der Waals surface area contributed by atoms with E-state index in [0.717, 1.165) is 18.7 Å². The van der Waals surface area contributed by atoms with E-state index < -0.39 is 0 Å². The van der Waals surface area contributed by atoms with Gasteiger partial charge in [-0.1, -0.05) is 43.0 Å². The van der Waals surface area contributed by atoms with Crippen LogP contribution in [0.5, 0.6) is 5.75 Å². The van der Waals surface area contributed by atoms with Crippen LogP contribution in [0.3, 0.4) is 0 Å². The summed E-state index contributed by atoms with van der Waals surface area (Å²) in [5.41, 5.74) is 1.08. The Hall–Kier alpha value is -0.440. The van der Waals surface area contributed by atoms with Crippen LogP contribution in [0.2, 0.25) is 10.0 Å². The van der Waals surface area contributed by atoms with Gasteiger partial charge in [-0.15, -0.1) is 0 Å². The lowest BCUT2D eigenvalue weighted by Gasteiger charge is -2.09. The monoisotopic (exact) mass is 275 g/mol. The average molecular weight is 276 g/mol. The maximum Gasteiger partial charge on any atom is 0.156 e. The highest BCUT2D eigenvalue weighted by Crippen LogP contribution is 2.33. The molecule has 1 aromatic rings. The van der Waals surface area contributed by atoms with E-state index in [0.29, 0.717) is 15.8 Å². The summed E-state index contributed by atoms with van der Waals surface area (Å²) >= 11 is 12.1. The maximum absolute atomic E-state index is 6.06. The van der Waals surface area contributed by atoms with E-state index in [4.69, 9.17) is 27.9 Å². The molecule has 0 fully saturated rings. The summed E-state index contributed by atoms with van der Waals surface area (Å²) < 4.78 is 5.10. The molecule has 0 bridgehead atoms. The Morgan fingerprint density at radius 2 is 1.82 bits per heavy atom. The van der Waals surface area contributed by atoms with Crippen LogP contribution in [0.4, 0.5) is 0 Å². The molecule has 0 saturated carbocycles. The van der Waals surface area contributed by atoms with E-state index in [2.05, 4.69) is 12.2 Å². The van der Waals surface area contributed by atoms with Gasteiger partial charge in [0.05, 0.1) is 17.2 Å². The minimum absolute atomic E-state index is 0.545. The third-order valence-corrected chi connectivity index (χ3v) is 3.11. The minimum atomic E-state index is 0.545. The Kier molecular flexibility index (Phi) is 6.71. The van der Waals surface area contributed by atoms with E-state index in [1.54, 1.807) is 7.11 Å². The molecule has 0 saturated heterocycles. The SMILES string of the molecule is CCCCCNCc1cc(Cl)c(OC)c(Cl)c1. The van der Waals surface area contributed by atoms with Gasteiger partial charge in [0, 0.05) is 6.54 Å². The van der Waals surface area contributed by atoms with Gasteiger partial charge in [-0.2, -0.15) is 0 Å². The normalized spacial score (nSPS) is 10.6. The van der Waals surface area contributed by atoms with Crippen LogP contribution in [-0.2, 0) is 6.54 Å². The Bertz CT molecular complexity index is 332. The molecule has 0 aliphatic heterocycles. The fourth-order valence-electron chi connectivity index (χ4n) is 1.64. The molecule has 0 radical (unpaired) electrons. The van der Waals surface area contributed by atoms with Crippen molar-refractivity contribution in [3.63, 3.8) is 0 Å². The fraction of sp³-hybridized carbons (Fsp3) is 0.538.